The number of nitrogens with one attached hydrogen (secondary N) is 3. The van der Waals surface area contributed by atoms with Crippen LogP contribution in [0.2, 0.25) is 0 Å². The Labute approximate surface area is 251 Å². The minimum Gasteiger partial charge on any atom is -0.508 e. The number of nitrogens with two attached hydrogens (primary N) is 2. The zero-order valence-corrected chi connectivity index (χ0v) is 24.6. The van der Waals surface area contributed by atoms with E-state index in [2.05, 4.69) is 16.0 Å². The molecule has 4 amide bonds. The predicted molar refractivity (Wildman–Crippen MR) is 164 cm³/mol. The summed E-state index contributed by atoms with van der Waals surface area (Å²) < 4.78 is 5.95. The lowest BCUT2D eigenvalue weighted by Crippen LogP contribution is -2.54. The van der Waals surface area contributed by atoms with Crippen LogP contribution >= 0.6 is 0 Å². The highest BCUT2D eigenvalue weighted by Crippen LogP contribution is 2.26. The zero-order chi connectivity index (χ0) is 31.4. The fraction of sp³-hybridized carbons (Fsp3) is 0.375. The fourth-order valence-corrected chi connectivity index (χ4v) is 4.38. The third-order valence-electron chi connectivity index (χ3n) is 7.21. The Morgan fingerprint density at radius 3 is 2.26 bits per heavy atom. The molecule has 0 saturated heterocycles. The molecule has 0 aromatic heterocycles. The molecule has 0 fully saturated rings. The lowest BCUT2D eigenvalue weighted by atomic mass is 9.98. The van der Waals surface area contributed by atoms with E-state index in [1.807, 2.05) is 38.1 Å². The van der Waals surface area contributed by atoms with Crippen molar-refractivity contribution in [1.82, 2.24) is 16.0 Å². The van der Waals surface area contributed by atoms with Gasteiger partial charge in [-0.15, -0.1) is 0 Å². The molecule has 0 spiro atoms. The lowest BCUT2D eigenvalue weighted by molar-refractivity contribution is -0.130. The van der Waals surface area contributed by atoms with Gasteiger partial charge in [0.2, 0.25) is 17.7 Å². The summed E-state index contributed by atoms with van der Waals surface area (Å²) in [4.78, 5) is 49.7. The summed E-state index contributed by atoms with van der Waals surface area (Å²) in [7, 11) is 0. The second-order valence-corrected chi connectivity index (χ2v) is 10.5. The van der Waals surface area contributed by atoms with Crippen molar-refractivity contribution >= 4 is 34.4 Å². The van der Waals surface area contributed by atoms with Crippen molar-refractivity contribution in [3.05, 3.63) is 71.8 Å². The van der Waals surface area contributed by atoms with Gasteiger partial charge in [-0.1, -0.05) is 56.7 Å². The van der Waals surface area contributed by atoms with Crippen molar-refractivity contribution in [1.29, 1.82) is 0 Å². The van der Waals surface area contributed by atoms with Crippen molar-refractivity contribution < 1.29 is 29.0 Å². The summed E-state index contributed by atoms with van der Waals surface area (Å²) in [6.07, 6.45) is 2.11. The molecule has 8 N–H and O–H groups in total. The summed E-state index contributed by atoms with van der Waals surface area (Å²) in [5, 5.41) is 19.5. The second kappa shape index (κ2) is 16.1. The number of fused-ring (bicyclic) bond motifs is 1. The highest BCUT2D eigenvalue weighted by Gasteiger charge is 2.26. The van der Waals surface area contributed by atoms with E-state index in [4.69, 9.17) is 16.2 Å². The molecule has 0 aliphatic heterocycles. The van der Waals surface area contributed by atoms with E-state index in [1.165, 1.54) is 12.1 Å². The standard InChI is InChI=1S/C32H41N5O6/c1-3-20(2)29(34)32(42)37-26(16-21-10-12-24(38)13-11-21)31(41)35-14-6-7-15-43-27-18-23-9-5-4-8-22(23)17-25(27)30(40)36-19-28(33)39/h4-5,8-13,17-18,20,26,29,38H,3,6-7,14-16,19,34H2,1-2H3,(H2,33,39)(H,35,41)(H,36,40)(H,37,42). The Hall–Kier alpha value is -4.64. The van der Waals surface area contributed by atoms with Crippen LogP contribution in [0.15, 0.2) is 60.7 Å². The van der Waals surface area contributed by atoms with Crippen LogP contribution < -0.4 is 32.2 Å². The first-order valence-corrected chi connectivity index (χ1v) is 14.4. The number of carbonyl (C=O) groups excluding carboxylic acids is 4. The van der Waals surface area contributed by atoms with E-state index >= 15 is 0 Å². The quantitative estimate of drug-likeness (QED) is 0.138. The molecule has 3 rings (SSSR count). The van der Waals surface area contributed by atoms with Crippen LogP contribution in [0.3, 0.4) is 0 Å². The minimum absolute atomic E-state index is 0.0465. The van der Waals surface area contributed by atoms with Crippen molar-refractivity contribution in [2.75, 3.05) is 19.7 Å². The number of rotatable bonds is 16. The van der Waals surface area contributed by atoms with Gasteiger partial charge in [-0.3, -0.25) is 19.2 Å². The largest absolute Gasteiger partial charge is 0.508 e. The summed E-state index contributed by atoms with van der Waals surface area (Å²) in [6, 6.07) is 15.9. The van der Waals surface area contributed by atoms with Gasteiger partial charge < -0.3 is 37.3 Å². The van der Waals surface area contributed by atoms with Gasteiger partial charge in [0.05, 0.1) is 24.8 Å². The SMILES string of the molecule is CCC(C)C(N)C(=O)NC(Cc1ccc(O)cc1)C(=O)NCCCCOc1cc2ccccc2cc1C(=O)NCC(N)=O. The van der Waals surface area contributed by atoms with Gasteiger partial charge in [0, 0.05) is 13.0 Å². The Balaban J connectivity index is 1.57. The monoisotopic (exact) mass is 591 g/mol. The molecule has 11 heteroatoms. The molecule has 3 aromatic rings. The Morgan fingerprint density at radius 2 is 1.60 bits per heavy atom. The third kappa shape index (κ3) is 10.00. The smallest absolute Gasteiger partial charge is 0.255 e. The highest BCUT2D eigenvalue weighted by atomic mass is 16.5. The van der Waals surface area contributed by atoms with E-state index in [-0.39, 0.29) is 42.7 Å². The predicted octanol–water partition coefficient (Wildman–Crippen LogP) is 2.14. The fourth-order valence-electron chi connectivity index (χ4n) is 4.38. The lowest BCUT2D eigenvalue weighted by Gasteiger charge is -2.23. The molecule has 11 nitrogen and oxygen atoms in total. The van der Waals surface area contributed by atoms with Gasteiger partial charge in [-0.2, -0.15) is 0 Å². The van der Waals surface area contributed by atoms with E-state index < -0.39 is 29.8 Å². The summed E-state index contributed by atoms with van der Waals surface area (Å²) in [5.74, 6) is -1.43. The molecule has 0 bridgehead atoms. The van der Waals surface area contributed by atoms with Crippen molar-refractivity contribution in [3.8, 4) is 11.5 Å². The van der Waals surface area contributed by atoms with E-state index in [9.17, 15) is 24.3 Å². The molecule has 3 atom stereocenters. The minimum atomic E-state index is -0.845. The number of hydrogen-bond donors (Lipinski definition) is 6. The Bertz CT molecular complexity index is 1410. The highest BCUT2D eigenvalue weighted by molar-refractivity contribution is 6.02. The van der Waals surface area contributed by atoms with Gasteiger partial charge in [0.1, 0.15) is 17.5 Å². The summed E-state index contributed by atoms with van der Waals surface area (Å²) in [6.45, 7) is 4.16. The summed E-state index contributed by atoms with van der Waals surface area (Å²) in [5.41, 5.74) is 12.3. The van der Waals surface area contributed by atoms with Crippen LogP contribution in [-0.2, 0) is 20.8 Å². The first-order valence-electron chi connectivity index (χ1n) is 14.4. The molecule has 0 radical (unpaired) electrons. The van der Waals surface area contributed by atoms with Crippen molar-refractivity contribution in [2.24, 2.45) is 17.4 Å². The normalized spacial score (nSPS) is 13.0. The molecular formula is C32H41N5O6. The zero-order valence-electron chi connectivity index (χ0n) is 24.6. The number of ether oxygens (including phenoxy) is 1. The maximum absolute atomic E-state index is 13.1. The number of hydrogen-bond acceptors (Lipinski definition) is 7. The van der Waals surface area contributed by atoms with Crippen molar-refractivity contribution in [3.63, 3.8) is 0 Å². The number of benzene rings is 3. The van der Waals surface area contributed by atoms with Gasteiger partial charge in [-0.05, 0) is 59.4 Å². The van der Waals surface area contributed by atoms with E-state index in [1.54, 1.807) is 24.3 Å². The molecule has 0 saturated carbocycles. The van der Waals surface area contributed by atoms with Crippen LogP contribution in [0.5, 0.6) is 11.5 Å². The van der Waals surface area contributed by atoms with Crippen LogP contribution in [0, 0.1) is 5.92 Å². The number of aromatic hydroxyl groups is 1. The van der Waals surface area contributed by atoms with Crippen molar-refractivity contribution in [2.45, 2.75) is 51.6 Å². The second-order valence-electron chi connectivity index (χ2n) is 10.5. The summed E-state index contributed by atoms with van der Waals surface area (Å²) >= 11 is 0. The van der Waals surface area contributed by atoms with Gasteiger partial charge in [0.25, 0.3) is 5.91 Å². The molecule has 0 aliphatic rings. The number of primary amides is 1. The molecule has 3 unspecified atom stereocenters. The van der Waals surface area contributed by atoms with Gasteiger partial charge in [0.15, 0.2) is 0 Å². The molecule has 43 heavy (non-hydrogen) atoms. The third-order valence-corrected chi connectivity index (χ3v) is 7.21. The molecule has 3 aromatic carbocycles. The van der Waals surface area contributed by atoms with Crippen LogP contribution in [0.1, 0.15) is 49.0 Å². The number of unbranched alkanes of at least 4 members (excludes halogenated alkanes) is 1. The van der Waals surface area contributed by atoms with E-state index in [0.717, 1.165) is 22.8 Å². The average Bonchev–Trinajstić information content (AvgIpc) is 3.00. The first-order chi connectivity index (χ1) is 20.6. The van der Waals surface area contributed by atoms with Gasteiger partial charge in [-0.25, -0.2) is 0 Å². The van der Waals surface area contributed by atoms with Crippen LogP contribution in [0.25, 0.3) is 10.8 Å². The number of phenols is 1. The molecule has 0 aliphatic carbocycles. The average molecular weight is 592 g/mol. The maximum atomic E-state index is 13.1. The number of phenolic OH excluding ortho intramolecular Hbond substituents is 1. The topological polar surface area (TPSA) is 186 Å². The molecule has 230 valence electrons. The van der Waals surface area contributed by atoms with Crippen LogP contribution in [-0.4, -0.2) is 60.5 Å². The van der Waals surface area contributed by atoms with Gasteiger partial charge >= 0.3 is 0 Å². The Morgan fingerprint density at radius 1 is 0.930 bits per heavy atom. The number of amides is 4. The number of carbonyl (C=O) groups is 4. The molecule has 0 heterocycles. The van der Waals surface area contributed by atoms with E-state index in [0.29, 0.717) is 25.1 Å². The Kier molecular flexibility index (Phi) is 12.3. The first kappa shape index (κ1) is 32.9. The maximum Gasteiger partial charge on any atom is 0.255 e. The molecular weight excluding hydrogens is 550 g/mol. The van der Waals surface area contributed by atoms with Crippen LogP contribution in [0.4, 0.5) is 0 Å².